The highest BCUT2D eigenvalue weighted by Gasteiger charge is 2.16. The highest BCUT2D eigenvalue weighted by molar-refractivity contribution is 7.99. The highest BCUT2D eigenvalue weighted by atomic mass is 32.2. The van der Waals surface area contributed by atoms with Crippen LogP contribution in [0.5, 0.6) is 5.88 Å². The van der Waals surface area contributed by atoms with Gasteiger partial charge in [0.2, 0.25) is 5.88 Å². The largest absolute Gasteiger partial charge is 0.476 e. The molecular weight excluding hydrogens is 248 g/mol. The number of aromatic nitrogens is 1. The molecule has 18 heavy (non-hydrogen) atoms. The van der Waals surface area contributed by atoms with Crippen LogP contribution in [0.1, 0.15) is 26.2 Å². The molecule has 1 aromatic rings. The maximum absolute atomic E-state index is 5.85. The van der Waals surface area contributed by atoms with Crippen molar-refractivity contribution >= 4 is 17.4 Å². The van der Waals surface area contributed by atoms with E-state index in [0.29, 0.717) is 23.4 Å². The Balaban J connectivity index is 1.99. The van der Waals surface area contributed by atoms with Crippen LogP contribution in [-0.4, -0.2) is 30.1 Å². The van der Waals surface area contributed by atoms with Crippen LogP contribution in [0.2, 0.25) is 0 Å². The fourth-order valence-corrected chi connectivity index (χ4v) is 2.83. The lowest BCUT2D eigenvalue weighted by Gasteiger charge is -2.21. The van der Waals surface area contributed by atoms with Crippen molar-refractivity contribution in [1.29, 1.82) is 0 Å². The number of hydrogen-bond acceptors (Lipinski definition) is 5. The van der Waals surface area contributed by atoms with E-state index in [1.54, 1.807) is 11.8 Å². The minimum atomic E-state index is 0.564. The molecule has 0 spiro atoms. The van der Waals surface area contributed by atoms with Crippen LogP contribution < -0.4 is 10.5 Å². The van der Waals surface area contributed by atoms with E-state index < -0.39 is 0 Å². The smallest absolute Gasteiger partial charge is 0.238 e. The number of pyridine rings is 1. The van der Waals surface area contributed by atoms with Crippen LogP contribution in [0.4, 0.5) is 5.69 Å². The zero-order valence-electron chi connectivity index (χ0n) is 10.7. The third-order valence-corrected chi connectivity index (χ3v) is 4.04. The molecule has 1 fully saturated rings. The van der Waals surface area contributed by atoms with E-state index in [1.165, 1.54) is 0 Å². The van der Waals surface area contributed by atoms with Gasteiger partial charge in [0.15, 0.2) is 0 Å². The summed E-state index contributed by atoms with van der Waals surface area (Å²) in [4.78, 5) is 4.48. The molecule has 0 atom stereocenters. The van der Waals surface area contributed by atoms with E-state index in [2.05, 4.69) is 11.9 Å². The minimum absolute atomic E-state index is 0.564. The average Bonchev–Trinajstić information content (AvgIpc) is 2.40. The molecule has 100 valence electrons. The fraction of sp³-hybridized carbons (Fsp3) is 0.615. The van der Waals surface area contributed by atoms with Gasteiger partial charge in [0.05, 0.1) is 12.3 Å². The van der Waals surface area contributed by atoms with Crippen molar-refractivity contribution in [3.05, 3.63) is 12.1 Å². The van der Waals surface area contributed by atoms with Crippen molar-refractivity contribution in [2.24, 2.45) is 0 Å². The second kappa shape index (κ2) is 6.85. The molecule has 0 aliphatic carbocycles. The van der Waals surface area contributed by atoms with Gasteiger partial charge >= 0.3 is 0 Å². The molecular formula is C13H20N2O2S. The molecule has 4 nitrogen and oxygen atoms in total. The maximum atomic E-state index is 5.85. The molecule has 0 saturated carbocycles. The number of anilines is 1. The number of nitrogens with zero attached hydrogens (tertiary/aromatic N) is 1. The van der Waals surface area contributed by atoms with Crippen LogP contribution in [0.25, 0.3) is 0 Å². The van der Waals surface area contributed by atoms with Crippen LogP contribution in [0.15, 0.2) is 17.2 Å². The fourth-order valence-electron chi connectivity index (χ4n) is 1.78. The number of nitrogens with two attached hydrogens (primary N) is 1. The van der Waals surface area contributed by atoms with Gasteiger partial charge in [0.1, 0.15) is 5.03 Å². The summed E-state index contributed by atoms with van der Waals surface area (Å²) in [6.07, 6.45) is 3.13. The van der Waals surface area contributed by atoms with Crippen LogP contribution in [0.3, 0.4) is 0 Å². The second-order valence-corrected chi connectivity index (χ2v) is 5.64. The molecule has 0 amide bonds. The van der Waals surface area contributed by atoms with Crippen LogP contribution in [-0.2, 0) is 4.74 Å². The predicted octanol–water partition coefficient (Wildman–Crippen LogP) is 2.72. The Hall–Kier alpha value is -0.940. The first-order valence-electron chi connectivity index (χ1n) is 6.43. The SMILES string of the molecule is CCCOc1nc(SC2CCOCC2)ccc1N. The predicted molar refractivity (Wildman–Crippen MR) is 74.1 cm³/mol. The Morgan fingerprint density at radius 3 is 2.94 bits per heavy atom. The molecule has 1 aromatic heterocycles. The van der Waals surface area contributed by atoms with Crippen molar-refractivity contribution in [3.63, 3.8) is 0 Å². The van der Waals surface area contributed by atoms with Crippen LogP contribution >= 0.6 is 11.8 Å². The summed E-state index contributed by atoms with van der Waals surface area (Å²) in [7, 11) is 0. The first-order valence-corrected chi connectivity index (χ1v) is 7.31. The number of thioether (sulfide) groups is 1. The van der Waals surface area contributed by atoms with Crippen molar-refractivity contribution < 1.29 is 9.47 Å². The number of rotatable bonds is 5. The van der Waals surface area contributed by atoms with Gasteiger partial charge in [-0.3, -0.25) is 0 Å². The summed E-state index contributed by atoms with van der Waals surface area (Å²) in [6, 6.07) is 3.84. The zero-order chi connectivity index (χ0) is 12.8. The molecule has 2 rings (SSSR count). The Morgan fingerprint density at radius 1 is 1.44 bits per heavy atom. The lowest BCUT2D eigenvalue weighted by atomic mass is 10.2. The Bertz CT molecular complexity index is 381. The lowest BCUT2D eigenvalue weighted by Crippen LogP contribution is -2.17. The molecule has 0 radical (unpaired) electrons. The maximum Gasteiger partial charge on any atom is 0.238 e. The van der Waals surface area contributed by atoms with E-state index in [1.807, 2.05) is 12.1 Å². The van der Waals surface area contributed by atoms with E-state index in [0.717, 1.165) is 37.5 Å². The van der Waals surface area contributed by atoms with Crippen LogP contribution in [0, 0.1) is 0 Å². The van der Waals surface area contributed by atoms with E-state index >= 15 is 0 Å². The third kappa shape index (κ3) is 3.78. The number of ether oxygens (including phenoxy) is 2. The minimum Gasteiger partial charge on any atom is -0.476 e. The lowest BCUT2D eigenvalue weighted by molar-refractivity contribution is 0.1000. The quantitative estimate of drug-likeness (QED) is 0.889. The van der Waals surface area contributed by atoms with Gasteiger partial charge in [0.25, 0.3) is 0 Å². The van der Waals surface area contributed by atoms with Crippen molar-refractivity contribution in [3.8, 4) is 5.88 Å². The monoisotopic (exact) mass is 268 g/mol. The van der Waals surface area contributed by atoms with Crippen molar-refractivity contribution in [2.75, 3.05) is 25.6 Å². The van der Waals surface area contributed by atoms with Gasteiger partial charge in [-0.05, 0) is 31.4 Å². The number of hydrogen-bond donors (Lipinski definition) is 1. The molecule has 1 saturated heterocycles. The highest BCUT2D eigenvalue weighted by Crippen LogP contribution is 2.31. The molecule has 2 N–H and O–H groups in total. The standard InChI is InChI=1S/C13H20N2O2S/c1-2-7-17-13-11(14)3-4-12(15-13)18-10-5-8-16-9-6-10/h3-4,10H,2,5-9,14H2,1H3. The Labute approximate surface area is 112 Å². The summed E-state index contributed by atoms with van der Waals surface area (Å²) in [5, 5.41) is 1.58. The first kappa shape index (κ1) is 13.5. The molecule has 0 aromatic carbocycles. The van der Waals surface area contributed by atoms with Gasteiger partial charge in [-0.1, -0.05) is 6.92 Å². The average molecular weight is 268 g/mol. The van der Waals surface area contributed by atoms with Crippen molar-refractivity contribution in [2.45, 2.75) is 36.5 Å². The van der Waals surface area contributed by atoms with Gasteiger partial charge in [-0.25, -0.2) is 4.98 Å². The zero-order valence-corrected chi connectivity index (χ0v) is 11.5. The first-order chi connectivity index (χ1) is 8.79. The Kier molecular flexibility index (Phi) is 5.13. The summed E-state index contributed by atoms with van der Waals surface area (Å²) in [5.74, 6) is 0.564. The molecule has 1 aliphatic rings. The molecule has 0 unspecified atom stereocenters. The van der Waals surface area contributed by atoms with E-state index in [9.17, 15) is 0 Å². The molecule has 5 heteroatoms. The summed E-state index contributed by atoms with van der Waals surface area (Å²) >= 11 is 1.79. The van der Waals surface area contributed by atoms with E-state index in [4.69, 9.17) is 15.2 Å². The normalized spacial score (nSPS) is 16.7. The van der Waals surface area contributed by atoms with Gasteiger partial charge < -0.3 is 15.2 Å². The Morgan fingerprint density at radius 2 is 2.22 bits per heavy atom. The van der Waals surface area contributed by atoms with Gasteiger partial charge in [0, 0.05) is 18.5 Å². The summed E-state index contributed by atoms with van der Waals surface area (Å²) in [6.45, 7) is 4.43. The molecule has 2 heterocycles. The third-order valence-electron chi connectivity index (χ3n) is 2.76. The van der Waals surface area contributed by atoms with Crippen molar-refractivity contribution in [1.82, 2.24) is 4.98 Å². The molecule has 1 aliphatic heterocycles. The topological polar surface area (TPSA) is 57.4 Å². The van der Waals surface area contributed by atoms with Gasteiger partial charge in [-0.15, -0.1) is 11.8 Å². The molecule has 0 bridgehead atoms. The van der Waals surface area contributed by atoms with Gasteiger partial charge in [-0.2, -0.15) is 0 Å². The van der Waals surface area contributed by atoms with E-state index in [-0.39, 0.29) is 0 Å². The summed E-state index contributed by atoms with van der Waals surface area (Å²) in [5.41, 5.74) is 6.46. The second-order valence-electron chi connectivity index (χ2n) is 4.32. The summed E-state index contributed by atoms with van der Waals surface area (Å²) < 4.78 is 10.9. The number of nitrogen functional groups attached to an aromatic ring is 1.